The third-order valence-electron chi connectivity index (χ3n) is 5.93. The number of hydrogen-bond acceptors (Lipinski definition) is 6. The molecule has 1 saturated heterocycles. The van der Waals surface area contributed by atoms with Gasteiger partial charge in [0.1, 0.15) is 11.5 Å². The van der Waals surface area contributed by atoms with Gasteiger partial charge in [-0.15, -0.1) is 5.71 Å². The number of nitrogens with zero attached hydrogens (tertiary/aromatic N) is 5. The number of hydrogen-bond donors (Lipinski definition) is 2. The first-order valence-electron chi connectivity index (χ1n) is 11.9. The van der Waals surface area contributed by atoms with E-state index in [9.17, 15) is 28.2 Å². The Balaban J connectivity index is 1.41. The number of amides is 1. The van der Waals surface area contributed by atoms with Crippen molar-refractivity contribution in [2.24, 2.45) is 0 Å². The minimum atomic E-state index is -4.79. The second-order valence-corrected chi connectivity index (χ2v) is 8.69. The predicted octanol–water partition coefficient (Wildman–Crippen LogP) is 3.90. The number of anilines is 2. The number of allylic oxidation sites excluding steroid dienone is 2. The first-order chi connectivity index (χ1) is 18.2. The highest BCUT2D eigenvalue weighted by Gasteiger charge is 2.33. The van der Waals surface area contributed by atoms with Gasteiger partial charge in [0.25, 0.3) is 11.5 Å². The van der Waals surface area contributed by atoms with E-state index in [0.29, 0.717) is 19.2 Å². The molecule has 1 fully saturated rings. The molecule has 4 rings (SSSR count). The van der Waals surface area contributed by atoms with E-state index in [4.69, 9.17) is 0 Å². The lowest BCUT2D eigenvalue weighted by molar-refractivity contribution is -0.0901. The lowest BCUT2D eigenvalue weighted by atomic mass is 10.1. The molecule has 38 heavy (non-hydrogen) atoms. The van der Waals surface area contributed by atoms with Crippen molar-refractivity contribution >= 4 is 23.1 Å². The normalized spacial score (nSPS) is 14.3. The number of halogens is 3. The molecule has 0 aliphatic carbocycles. The molecule has 4 heterocycles. The Hall–Kier alpha value is -4.32. The molecule has 1 amide bonds. The minimum Gasteiger partial charge on any atom is -0.803 e. The Morgan fingerprint density at radius 2 is 1.82 bits per heavy atom. The van der Waals surface area contributed by atoms with Crippen molar-refractivity contribution in [3.05, 3.63) is 99.8 Å². The second-order valence-electron chi connectivity index (χ2n) is 8.69. The highest BCUT2D eigenvalue weighted by Crippen LogP contribution is 2.27. The molecule has 0 unspecified atom stereocenters. The number of aromatic nitrogens is 3. The molecule has 0 aromatic carbocycles. The molecule has 0 bridgehead atoms. The largest absolute Gasteiger partial charge is 0.803 e. The van der Waals surface area contributed by atoms with Crippen molar-refractivity contribution in [1.82, 2.24) is 19.4 Å². The van der Waals surface area contributed by atoms with Crippen molar-refractivity contribution in [2.45, 2.75) is 25.6 Å². The molecular formula is C26H25F3N7O2-. The number of likely N-dealkylation sites (tertiary alicyclic amines) is 1. The summed E-state index contributed by atoms with van der Waals surface area (Å²) >= 11 is 0. The summed E-state index contributed by atoms with van der Waals surface area (Å²) in [5.41, 5.74) is -1.69. The van der Waals surface area contributed by atoms with E-state index in [1.165, 1.54) is 59.6 Å². The van der Waals surface area contributed by atoms with Crippen LogP contribution < -0.4 is 16.2 Å². The number of pyridine rings is 3. The maximum Gasteiger partial charge on any atom is 0.431 e. The maximum atomic E-state index is 13.5. The van der Waals surface area contributed by atoms with E-state index >= 15 is 0 Å². The summed E-state index contributed by atoms with van der Waals surface area (Å²) in [6, 6.07) is 8.28. The fraction of sp³-hybridized carbons (Fsp3) is 0.269. The number of carbonyl (C=O) groups is 1. The first-order valence-corrected chi connectivity index (χ1v) is 11.9. The fourth-order valence-electron chi connectivity index (χ4n) is 3.90. The van der Waals surface area contributed by atoms with Gasteiger partial charge in [-0.05, 0) is 61.8 Å². The Morgan fingerprint density at radius 3 is 2.47 bits per heavy atom. The molecule has 9 nitrogen and oxygen atoms in total. The summed E-state index contributed by atoms with van der Waals surface area (Å²) in [5, 5.41) is 14.9. The third-order valence-corrected chi connectivity index (χ3v) is 5.93. The molecule has 1 aliphatic rings. The highest BCUT2D eigenvalue weighted by molar-refractivity contribution is 6.11. The van der Waals surface area contributed by atoms with Crippen molar-refractivity contribution in [3.8, 4) is 0 Å². The van der Waals surface area contributed by atoms with E-state index in [0.717, 1.165) is 32.1 Å². The second kappa shape index (κ2) is 11.8. The van der Waals surface area contributed by atoms with Crippen LogP contribution >= 0.6 is 0 Å². The van der Waals surface area contributed by atoms with E-state index in [1.807, 2.05) is 0 Å². The fourth-order valence-corrected chi connectivity index (χ4v) is 3.90. The van der Waals surface area contributed by atoms with Gasteiger partial charge < -0.3 is 25.5 Å². The number of rotatable bonds is 9. The molecule has 0 atom stereocenters. The zero-order valence-corrected chi connectivity index (χ0v) is 20.3. The molecule has 12 heteroatoms. The Kier molecular flexibility index (Phi) is 8.31. The van der Waals surface area contributed by atoms with Crippen LogP contribution in [0.4, 0.5) is 24.7 Å². The van der Waals surface area contributed by atoms with E-state index in [-0.39, 0.29) is 28.2 Å². The number of nitrogens with one attached hydrogen (secondary N) is 2. The van der Waals surface area contributed by atoms with Crippen LogP contribution in [0.2, 0.25) is 0 Å². The van der Waals surface area contributed by atoms with Gasteiger partial charge >= 0.3 is 6.18 Å². The van der Waals surface area contributed by atoms with Crippen molar-refractivity contribution in [2.75, 3.05) is 30.3 Å². The number of carbonyl (C=O) groups excluding carboxylic acids is 1. The van der Waals surface area contributed by atoms with Crippen molar-refractivity contribution in [3.63, 3.8) is 0 Å². The van der Waals surface area contributed by atoms with Gasteiger partial charge in [0.05, 0.1) is 17.4 Å². The van der Waals surface area contributed by atoms with Crippen LogP contribution in [0.5, 0.6) is 0 Å². The molecule has 2 N–H and O–H groups in total. The monoisotopic (exact) mass is 524 g/mol. The molecule has 198 valence electrons. The van der Waals surface area contributed by atoms with Crippen LogP contribution in [0.25, 0.3) is 5.41 Å². The first kappa shape index (κ1) is 26.7. The SMILES string of the molecule is [N-]=C(/C=C(\Nc1ccc(NC(=O)c2ccc(=O)n(CCN3CCCC3)c2)nc1)C(F)(F)F)c1cccnc1. The molecule has 0 spiro atoms. The Morgan fingerprint density at radius 1 is 1.03 bits per heavy atom. The van der Waals surface area contributed by atoms with Crippen LogP contribution in [0, 0.1) is 0 Å². The smallest absolute Gasteiger partial charge is 0.431 e. The van der Waals surface area contributed by atoms with Gasteiger partial charge in [-0.2, -0.15) is 13.2 Å². The zero-order valence-electron chi connectivity index (χ0n) is 20.3. The van der Waals surface area contributed by atoms with E-state index < -0.39 is 23.5 Å². The highest BCUT2D eigenvalue weighted by atomic mass is 19.4. The van der Waals surface area contributed by atoms with Crippen LogP contribution in [0.1, 0.15) is 28.8 Å². The zero-order chi connectivity index (χ0) is 27.1. The lowest BCUT2D eigenvalue weighted by Gasteiger charge is -2.17. The van der Waals surface area contributed by atoms with Crippen molar-refractivity contribution < 1.29 is 18.0 Å². The third kappa shape index (κ3) is 7.13. The van der Waals surface area contributed by atoms with Gasteiger partial charge in [-0.3, -0.25) is 14.6 Å². The summed E-state index contributed by atoms with van der Waals surface area (Å²) in [5.74, 6) is -0.405. The average Bonchev–Trinajstić information content (AvgIpc) is 3.42. The molecule has 3 aromatic rings. The van der Waals surface area contributed by atoms with Gasteiger partial charge in [-0.25, -0.2) is 4.98 Å². The summed E-state index contributed by atoms with van der Waals surface area (Å²) in [7, 11) is 0. The van der Waals surface area contributed by atoms with Crippen LogP contribution in [-0.4, -0.2) is 56.9 Å². The predicted molar refractivity (Wildman–Crippen MR) is 138 cm³/mol. The Labute approximate surface area is 216 Å². The van der Waals surface area contributed by atoms with Crippen LogP contribution in [0.15, 0.2) is 77.8 Å². The molecule has 0 saturated carbocycles. The quantitative estimate of drug-likeness (QED) is 0.411. The van der Waals surface area contributed by atoms with Crippen LogP contribution in [-0.2, 0) is 6.54 Å². The van der Waals surface area contributed by atoms with Gasteiger partial charge in [0, 0.05) is 37.7 Å². The Bertz CT molecular complexity index is 1360. The minimum absolute atomic E-state index is 0.0129. The summed E-state index contributed by atoms with van der Waals surface area (Å²) in [4.78, 5) is 34.9. The van der Waals surface area contributed by atoms with E-state index in [2.05, 4.69) is 25.5 Å². The van der Waals surface area contributed by atoms with E-state index in [1.54, 1.807) is 0 Å². The standard InChI is InChI=1S/C26H25F3N7O2/c27-26(28,29)22(14-21(30)18-4-3-9-31-15-18)33-20-6-7-23(32-16-20)34-25(38)19-5-8-24(37)36(17-19)13-12-35-10-1-2-11-35/h3-9,14-17,33H,1-2,10-13H2,(H,32,34,38)/q-1/b22-14-. The molecule has 0 radical (unpaired) electrons. The molecule has 3 aromatic heterocycles. The maximum absolute atomic E-state index is 13.5. The van der Waals surface area contributed by atoms with Crippen molar-refractivity contribution in [1.29, 1.82) is 0 Å². The molecule has 1 aliphatic heterocycles. The average molecular weight is 525 g/mol. The summed E-state index contributed by atoms with van der Waals surface area (Å²) in [6.07, 6.45) is 3.31. The molecular weight excluding hydrogens is 499 g/mol. The van der Waals surface area contributed by atoms with Gasteiger partial charge in [-0.1, -0.05) is 6.07 Å². The summed E-state index contributed by atoms with van der Waals surface area (Å²) in [6.45, 7) is 3.17. The lowest BCUT2D eigenvalue weighted by Crippen LogP contribution is -2.29. The van der Waals surface area contributed by atoms with Gasteiger partial charge in [0.15, 0.2) is 0 Å². The van der Waals surface area contributed by atoms with Gasteiger partial charge in [0.2, 0.25) is 0 Å². The number of alkyl halides is 3. The topological polar surface area (TPSA) is 114 Å². The van der Waals surface area contributed by atoms with Crippen LogP contribution in [0.3, 0.4) is 0 Å². The summed E-state index contributed by atoms with van der Waals surface area (Å²) < 4.78 is 42.1.